The van der Waals surface area contributed by atoms with E-state index in [0.717, 1.165) is 3.57 Å². The maximum absolute atomic E-state index is 12.6. The van der Waals surface area contributed by atoms with Crippen molar-refractivity contribution in [3.05, 3.63) is 55.6 Å². The Bertz CT molecular complexity index is 809. The van der Waals surface area contributed by atoms with Crippen molar-refractivity contribution in [2.24, 2.45) is 0 Å². The van der Waals surface area contributed by atoms with E-state index in [0.29, 0.717) is 33.1 Å². The van der Waals surface area contributed by atoms with Gasteiger partial charge in [0.05, 0.1) is 17.7 Å². The Morgan fingerprint density at radius 3 is 2.50 bits per heavy atom. The number of hydrogen-bond acceptors (Lipinski definition) is 3. The van der Waals surface area contributed by atoms with Crippen molar-refractivity contribution in [1.29, 1.82) is 0 Å². The number of halogens is 2. The minimum Gasteiger partial charge on any atom is -0.496 e. The molecule has 0 bridgehead atoms. The summed E-state index contributed by atoms with van der Waals surface area (Å²) in [5.74, 6) is -0.137. The summed E-state index contributed by atoms with van der Waals surface area (Å²) in [5, 5.41) is 5.85. The predicted molar refractivity (Wildman–Crippen MR) is 103 cm³/mol. The van der Waals surface area contributed by atoms with Crippen LogP contribution in [0.2, 0.25) is 5.02 Å². The summed E-state index contributed by atoms with van der Waals surface area (Å²) in [4.78, 5) is 24.5. The molecule has 2 N–H and O–H groups in total. The lowest BCUT2D eigenvalue weighted by Crippen LogP contribution is -2.20. The first-order valence-electron chi connectivity index (χ1n) is 7.05. The lowest BCUT2D eigenvalue weighted by Gasteiger charge is -2.14. The van der Waals surface area contributed by atoms with Crippen LogP contribution in [0.15, 0.2) is 30.3 Å². The number of rotatable bonds is 4. The molecule has 7 heteroatoms. The fraction of sp³-hybridized carbons (Fsp3) is 0.176. The summed E-state index contributed by atoms with van der Waals surface area (Å²) in [6.45, 7) is 1.78. The SMILES string of the molecule is CNC(=O)c1cccc(NC(=O)c2cc(Cl)c(I)cc2OC)c1C. The molecule has 2 amide bonds. The quantitative estimate of drug-likeness (QED) is 0.684. The Hall–Kier alpha value is -1.80. The van der Waals surface area contributed by atoms with Gasteiger partial charge in [-0.25, -0.2) is 0 Å². The van der Waals surface area contributed by atoms with Crippen LogP contribution >= 0.6 is 34.2 Å². The molecule has 0 saturated heterocycles. The van der Waals surface area contributed by atoms with Gasteiger partial charge in [-0.1, -0.05) is 17.7 Å². The van der Waals surface area contributed by atoms with Gasteiger partial charge >= 0.3 is 0 Å². The van der Waals surface area contributed by atoms with E-state index in [1.54, 1.807) is 44.3 Å². The largest absolute Gasteiger partial charge is 0.496 e. The molecule has 0 aliphatic rings. The average molecular weight is 459 g/mol. The fourth-order valence-electron chi connectivity index (χ4n) is 2.22. The number of ether oxygens (including phenoxy) is 1. The second-order valence-corrected chi connectivity index (χ2v) is 6.55. The summed E-state index contributed by atoms with van der Waals surface area (Å²) in [6, 6.07) is 8.42. The molecule has 0 saturated carbocycles. The zero-order valence-corrected chi connectivity index (χ0v) is 16.3. The first-order chi connectivity index (χ1) is 11.4. The number of anilines is 1. The highest BCUT2D eigenvalue weighted by molar-refractivity contribution is 14.1. The van der Waals surface area contributed by atoms with E-state index in [9.17, 15) is 9.59 Å². The minimum absolute atomic E-state index is 0.210. The number of hydrogen-bond donors (Lipinski definition) is 2. The van der Waals surface area contributed by atoms with Gasteiger partial charge in [0.25, 0.3) is 11.8 Å². The second kappa shape index (κ2) is 7.85. The zero-order chi connectivity index (χ0) is 17.9. The summed E-state index contributed by atoms with van der Waals surface area (Å²) in [6.07, 6.45) is 0. The third kappa shape index (κ3) is 3.81. The lowest BCUT2D eigenvalue weighted by molar-refractivity contribution is 0.0960. The van der Waals surface area contributed by atoms with E-state index in [4.69, 9.17) is 16.3 Å². The van der Waals surface area contributed by atoms with Gasteiger partial charge in [-0.15, -0.1) is 0 Å². The topological polar surface area (TPSA) is 67.4 Å². The van der Waals surface area contributed by atoms with Crippen LogP contribution < -0.4 is 15.4 Å². The van der Waals surface area contributed by atoms with Crippen molar-refractivity contribution in [2.45, 2.75) is 6.92 Å². The molecule has 0 heterocycles. The third-order valence-electron chi connectivity index (χ3n) is 3.54. The van der Waals surface area contributed by atoms with E-state index >= 15 is 0 Å². The maximum atomic E-state index is 12.6. The van der Waals surface area contributed by atoms with Crippen molar-refractivity contribution in [3.8, 4) is 5.75 Å². The Balaban J connectivity index is 2.38. The molecule has 0 unspecified atom stereocenters. The molecule has 0 aromatic heterocycles. The van der Waals surface area contributed by atoms with Crippen molar-refractivity contribution >= 4 is 51.7 Å². The molecule has 0 radical (unpaired) electrons. The van der Waals surface area contributed by atoms with Crippen LogP contribution in [0.25, 0.3) is 0 Å². The van der Waals surface area contributed by atoms with Crippen molar-refractivity contribution in [2.75, 3.05) is 19.5 Å². The second-order valence-electron chi connectivity index (χ2n) is 4.98. The summed E-state index contributed by atoms with van der Waals surface area (Å²) >= 11 is 8.18. The lowest BCUT2D eigenvalue weighted by atomic mass is 10.1. The molecule has 2 rings (SSSR count). The number of carbonyl (C=O) groups excluding carboxylic acids is 2. The standard InChI is InChI=1S/C17H16ClIN2O3/c1-9-10(16(22)20-2)5-4-6-14(9)21-17(23)11-7-12(18)13(19)8-15(11)24-3/h4-8H,1-3H3,(H,20,22)(H,21,23). The highest BCUT2D eigenvalue weighted by Crippen LogP contribution is 2.29. The van der Waals surface area contributed by atoms with Crippen LogP contribution in [-0.4, -0.2) is 26.0 Å². The van der Waals surface area contributed by atoms with Gasteiger partial charge in [-0.05, 0) is 59.3 Å². The van der Waals surface area contributed by atoms with Crippen LogP contribution in [-0.2, 0) is 0 Å². The minimum atomic E-state index is -0.359. The fourth-order valence-corrected chi connectivity index (χ4v) is 2.82. The number of amides is 2. The van der Waals surface area contributed by atoms with E-state index in [1.165, 1.54) is 7.11 Å². The molecule has 0 atom stereocenters. The summed E-state index contributed by atoms with van der Waals surface area (Å²) < 4.78 is 6.05. The molecule has 0 aliphatic carbocycles. The molecule has 24 heavy (non-hydrogen) atoms. The average Bonchev–Trinajstić information content (AvgIpc) is 2.57. The molecule has 0 fully saturated rings. The molecular formula is C17H16ClIN2O3. The molecule has 5 nitrogen and oxygen atoms in total. The number of benzene rings is 2. The first kappa shape index (κ1) is 18.5. The van der Waals surface area contributed by atoms with Crippen LogP contribution in [0.3, 0.4) is 0 Å². The van der Waals surface area contributed by atoms with E-state index in [1.807, 2.05) is 0 Å². The van der Waals surface area contributed by atoms with Crippen LogP contribution in [0.5, 0.6) is 5.75 Å². The first-order valence-corrected chi connectivity index (χ1v) is 8.50. The molecule has 0 aliphatic heterocycles. The number of nitrogens with one attached hydrogen (secondary N) is 2. The smallest absolute Gasteiger partial charge is 0.259 e. The monoisotopic (exact) mass is 458 g/mol. The van der Waals surface area contributed by atoms with E-state index < -0.39 is 0 Å². The Morgan fingerprint density at radius 2 is 1.88 bits per heavy atom. The maximum Gasteiger partial charge on any atom is 0.259 e. The van der Waals surface area contributed by atoms with Crippen LogP contribution in [0, 0.1) is 10.5 Å². The molecule has 0 spiro atoms. The number of methoxy groups -OCH3 is 1. The van der Waals surface area contributed by atoms with E-state index in [-0.39, 0.29) is 11.8 Å². The molecule has 2 aromatic carbocycles. The van der Waals surface area contributed by atoms with Gasteiger partial charge in [0.2, 0.25) is 0 Å². The van der Waals surface area contributed by atoms with Crippen LogP contribution in [0.4, 0.5) is 5.69 Å². The summed E-state index contributed by atoms with van der Waals surface area (Å²) in [7, 11) is 3.05. The third-order valence-corrected chi connectivity index (χ3v) is 5.06. The normalized spacial score (nSPS) is 10.2. The van der Waals surface area contributed by atoms with Crippen LogP contribution in [0.1, 0.15) is 26.3 Å². The van der Waals surface area contributed by atoms with Gasteiger partial charge in [-0.2, -0.15) is 0 Å². The molecule has 126 valence electrons. The van der Waals surface area contributed by atoms with Gasteiger partial charge < -0.3 is 15.4 Å². The molecular weight excluding hydrogens is 443 g/mol. The Labute approximate surface area is 158 Å². The Kier molecular flexibility index (Phi) is 6.06. The van der Waals surface area contributed by atoms with Crippen molar-refractivity contribution in [3.63, 3.8) is 0 Å². The van der Waals surface area contributed by atoms with Gasteiger partial charge in [0, 0.05) is 21.9 Å². The van der Waals surface area contributed by atoms with E-state index in [2.05, 4.69) is 33.2 Å². The highest BCUT2D eigenvalue weighted by Gasteiger charge is 2.17. The number of carbonyl (C=O) groups is 2. The highest BCUT2D eigenvalue weighted by atomic mass is 127. The van der Waals surface area contributed by atoms with Gasteiger partial charge in [0.15, 0.2) is 0 Å². The zero-order valence-electron chi connectivity index (χ0n) is 13.4. The summed E-state index contributed by atoms with van der Waals surface area (Å²) in [5.41, 5.74) is 2.06. The van der Waals surface area contributed by atoms with Crippen molar-refractivity contribution < 1.29 is 14.3 Å². The van der Waals surface area contributed by atoms with Gasteiger partial charge in [0.1, 0.15) is 5.75 Å². The molecule has 2 aromatic rings. The predicted octanol–water partition coefficient (Wildman–Crippen LogP) is 3.87. The van der Waals surface area contributed by atoms with Crippen molar-refractivity contribution in [1.82, 2.24) is 5.32 Å². The van der Waals surface area contributed by atoms with Gasteiger partial charge in [-0.3, -0.25) is 9.59 Å². The Morgan fingerprint density at radius 1 is 1.17 bits per heavy atom.